The highest BCUT2D eigenvalue weighted by Crippen LogP contribution is 2.58. The molecule has 134 valence electrons. The Morgan fingerprint density at radius 3 is 2.88 bits per heavy atom. The Balaban J connectivity index is 0.00000182. The van der Waals surface area contributed by atoms with Gasteiger partial charge in [-0.3, -0.25) is 4.79 Å². The Bertz CT molecular complexity index is 725. The average Bonchev–Trinajstić information content (AvgIpc) is 3.05. The lowest BCUT2D eigenvalue weighted by Gasteiger charge is -2.24. The highest BCUT2D eigenvalue weighted by molar-refractivity contribution is 5.85. The Labute approximate surface area is 154 Å². The summed E-state index contributed by atoms with van der Waals surface area (Å²) in [6, 6.07) is 10.1. The number of halogens is 1. The molecule has 1 aromatic carbocycles. The van der Waals surface area contributed by atoms with Gasteiger partial charge in [-0.25, -0.2) is 4.68 Å². The molecule has 1 spiro atoms. The Morgan fingerprint density at radius 1 is 1.36 bits per heavy atom. The van der Waals surface area contributed by atoms with Gasteiger partial charge in [-0.15, -0.1) is 12.4 Å². The van der Waals surface area contributed by atoms with Crippen molar-refractivity contribution in [2.45, 2.75) is 32.2 Å². The largest absolute Gasteiger partial charge is 0.349 e. The summed E-state index contributed by atoms with van der Waals surface area (Å²) in [4.78, 5) is 12.6. The third-order valence-electron chi connectivity index (χ3n) is 5.60. The molecule has 0 bridgehead atoms. The van der Waals surface area contributed by atoms with E-state index in [0.717, 1.165) is 43.6 Å². The molecule has 1 aromatic heterocycles. The summed E-state index contributed by atoms with van der Waals surface area (Å²) in [7, 11) is 0. The summed E-state index contributed by atoms with van der Waals surface area (Å²) < 4.78 is 1.84. The topological polar surface area (TPSA) is 59.0 Å². The summed E-state index contributed by atoms with van der Waals surface area (Å²) in [6.45, 7) is 4.15. The Hall–Kier alpha value is -1.85. The molecule has 2 fully saturated rings. The third kappa shape index (κ3) is 3.58. The SMILES string of the molecule is CC(NC(=O)C1CC12CCNCC2)c1cccc(-n2cccn2)c1.Cl. The lowest BCUT2D eigenvalue weighted by Crippen LogP contribution is -2.34. The van der Waals surface area contributed by atoms with Gasteiger partial charge in [0.25, 0.3) is 0 Å². The summed E-state index contributed by atoms with van der Waals surface area (Å²) >= 11 is 0. The molecular formula is C19H25ClN4O. The second kappa shape index (κ2) is 7.18. The van der Waals surface area contributed by atoms with E-state index in [9.17, 15) is 4.79 Å². The first kappa shape index (κ1) is 18.0. The van der Waals surface area contributed by atoms with Crippen molar-refractivity contribution in [1.29, 1.82) is 0 Å². The molecule has 2 atom stereocenters. The summed E-state index contributed by atoms with van der Waals surface area (Å²) in [5.41, 5.74) is 2.41. The second-order valence-electron chi connectivity index (χ2n) is 7.14. The maximum atomic E-state index is 12.6. The summed E-state index contributed by atoms with van der Waals surface area (Å²) in [6.07, 6.45) is 7.01. The minimum absolute atomic E-state index is 0. The first-order chi connectivity index (χ1) is 11.7. The van der Waals surface area contributed by atoms with Crippen LogP contribution in [0, 0.1) is 11.3 Å². The van der Waals surface area contributed by atoms with Crippen LogP contribution in [-0.4, -0.2) is 28.8 Å². The van der Waals surface area contributed by atoms with Gasteiger partial charge >= 0.3 is 0 Å². The molecule has 1 saturated carbocycles. The molecule has 2 aliphatic rings. The molecule has 1 aliphatic carbocycles. The lowest BCUT2D eigenvalue weighted by molar-refractivity contribution is -0.123. The molecule has 2 heterocycles. The van der Waals surface area contributed by atoms with E-state index in [0.29, 0.717) is 0 Å². The van der Waals surface area contributed by atoms with Crippen molar-refractivity contribution in [3.05, 3.63) is 48.3 Å². The number of hydrogen-bond acceptors (Lipinski definition) is 3. The Morgan fingerprint density at radius 2 is 2.16 bits per heavy atom. The van der Waals surface area contributed by atoms with Crippen LogP contribution in [0.2, 0.25) is 0 Å². The van der Waals surface area contributed by atoms with Gasteiger partial charge in [0, 0.05) is 18.3 Å². The van der Waals surface area contributed by atoms with Gasteiger partial charge in [0.1, 0.15) is 0 Å². The number of carbonyl (C=O) groups excluding carboxylic acids is 1. The number of amides is 1. The van der Waals surface area contributed by atoms with Gasteiger partial charge in [-0.1, -0.05) is 12.1 Å². The number of carbonyl (C=O) groups is 1. The van der Waals surface area contributed by atoms with Crippen LogP contribution in [-0.2, 0) is 4.79 Å². The normalized spacial score (nSPS) is 22.0. The minimum atomic E-state index is 0. The molecule has 5 nitrogen and oxygen atoms in total. The Kier molecular flexibility index (Phi) is 5.16. The molecule has 0 radical (unpaired) electrons. The predicted octanol–water partition coefficient (Wildman–Crippen LogP) is 2.86. The van der Waals surface area contributed by atoms with Crippen LogP contribution in [0.15, 0.2) is 42.7 Å². The molecule has 1 aliphatic heterocycles. The van der Waals surface area contributed by atoms with E-state index < -0.39 is 0 Å². The van der Waals surface area contributed by atoms with E-state index in [-0.39, 0.29) is 35.7 Å². The highest BCUT2D eigenvalue weighted by atomic mass is 35.5. The highest BCUT2D eigenvalue weighted by Gasteiger charge is 2.57. The predicted molar refractivity (Wildman–Crippen MR) is 100 cm³/mol. The van der Waals surface area contributed by atoms with Gasteiger partial charge in [-0.05, 0) is 68.5 Å². The summed E-state index contributed by atoms with van der Waals surface area (Å²) in [5, 5.41) is 10.9. The fourth-order valence-corrected chi connectivity index (χ4v) is 3.95. The molecule has 4 rings (SSSR count). The quantitative estimate of drug-likeness (QED) is 0.881. The molecule has 2 aromatic rings. The van der Waals surface area contributed by atoms with Gasteiger partial charge in [0.2, 0.25) is 5.91 Å². The molecule has 1 saturated heterocycles. The zero-order valence-electron chi connectivity index (χ0n) is 14.4. The molecule has 1 amide bonds. The number of piperidine rings is 1. The average molecular weight is 361 g/mol. The maximum absolute atomic E-state index is 12.6. The monoisotopic (exact) mass is 360 g/mol. The number of nitrogens with one attached hydrogen (secondary N) is 2. The molecule has 6 heteroatoms. The zero-order valence-corrected chi connectivity index (χ0v) is 15.3. The van der Waals surface area contributed by atoms with Crippen LogP contribution in [0.1, 0.15) is 37.8 Å². The molecule has 2 N–H and O–H groups in total. The van der Waals surface area contributed by atoms with Crippen LogP contribution in [0.4, 0.5) is 0 Å². The lowest BCUT2D eigenvalue weighted by atomic mass is 9.91. The van der Waals surface area contributed by atoms with Crippen LogP contribution >= 0.6 is 12.4 Å². The maximum Gasteiger partial charge on any atom is 0.224 e. The van der Waals surface area contributed by atoms with Crippen LogP contribution < -0.4 is 10.6 Å². The van der Waals surface area contributed by atoms with Crippen molar-refractivity contribution in [3.63, 3.8) is 0 Å². The van der Waals surface area contributed by atoms with Crippen molar-refractivity contribution >= 4 is 18.3 Å². The molecular weight excluding hydrogens is 336 g/mol. The van der Waals surface area contributed by atoms with Gasteiger partial charge in [-0.2, -0.15) is 5.10 Å². The van der Waals surface area contributed by atoms with Gasteiger partial charge in [0.05, 0.1) is 11.7 Å². The van der Waals surface area contributed by atoms with Crippen molar-refractivity contribution in [1.82, 2.24) is 20.4 Å². The second-order valence-corrected chi connectivity index (χ2v) is 7.14. The smallest absolute Gasteiger partial charge is 0.224 e. The first-order valence-corrected chi connectivity index (χ1v) is 8.79. The third-order valence-corrected chi connectivity index (χ3v) is 5.60. The molecule has 2 unspecified atom stereocenters. The minimum Gasteiger partial charge on any atom is -0.349 e. The van der Waals surface area contributed by atoms with Crippen LogP contribution in [0.5, 0.6) is 0 Å². The van der Waals surface area contributed by atoms with Crippen LogP contribution in [0.25, 0.3) is 5.69 Å². The number of benzene rings is 1. The molecule has 25 heavy (non-hydrogen) atoms. The van der Waals surface area contributed by atoms with Gasteiger partial charge in [0.15, 0.2) is 0 Å². The van der Waals surface area contributed by atoms with Crippen molar-refractivity contribution in [2.24, 2.45) is 11.3 Å². The standard InChI is InChI=1S/C19H24N4O.ClH/c1-14(15-4-2-5-16(12-15)23-11-3-8-21-23)22-18(24)17-13-19(17)6-9-20-10-7-19;/h2-5,8,11-12,14,17,20H,6-7,9-10,13H2,1H3,(H,22,24);1H. The van der Waals surface area contributed by atoms with Gasteiger partial charge < -0.3 is 10.6 Å². The van der Waals surface area contributed by atoms with Crippen molar-refractivity contribution in [3.8, 4) is 5.69 Å². The van der Waals surface area contributed by atoms with Crippen molar-refractivity contribution in [2.75, 3.05) is 13.1 Å². The van der Waals surface area contributed by atoms with E-state index >= 15 is 0 Å². The van der Waals surface area contributed by atoms with E-state index in [4.69, 9.17) is 0 Å². The fourth-order valence-electron chi connectivity index (χ4n) is 3.95. The number of aromatic nitrogens is 2. The van der Waals surface area contributed by atoms with E-state index in [1.165, 1.54) is 0 Å². The summed E-state index contributed by atoms with van der Waals surface area (Å²) in [5.74, 6) is 0.422. The van der Waals surface area contributed by atoms with Crippen LogP contribution in [0.3, 0.4) is 0 Å². The van der Waals surface area contributed by atoms with E-state index in [1.807, 2.05) is 29.1 Å². The fraction of sp³-hybridized carbons (Fsp3) is 0.474. The zero-order chi connectivity index (χ0) is 16.6. The number of hydrogen-bond donors (Lipinski definition) is 2. The number of rotatable bonds is 4. The van der Waals surface area contributed by atoms with E-state index in [2.05, 4.69) is 34.8 Å². The first-order valence-electron chi connectivity index (χ1n) is 8.79. The van der Waals surface area contributed by atoms with Crippen molar-refractivity contribution < 1.29 is 4.79 Å². The number of nitrogens with zero attached hydrogens (tertiary/aromatic N) is 2. The van der Waals surface area contributed by atoms with E-state index in [1.54, 1.807) is 6.20 Å².